The quantitative estimate of drug-likeness (QED) is 0.287. The molecule has 3 heterocycles. The molecule has 1 aliphatic rings. The first-order valence-corrected chi connectivity index (χ1v) is 11.6. The fourth-order valence-electron chi connectivity index (χ4n) is 3.70. The fraction of sp³-hybridized carbons (Fsp3) is 0.136. The molecule has 156 valence electrons. The van der Waals surface area contributed by atoms with Gasteiger partial charge in [0, 0.05) is 9.35 Å². The average molecular weight is 536 g/mol. The molecule has 31 heavy (non-hydrogen) atoms. The molecule has 0 saturated carbocycles. The number of aryl methyl sites for hydroxylation is 2. The van der Waals surface area contributed by atoms with Gasteiger partial charge in [-0.15, -0.1) is 11.3 Å². The highest BCUT2D eigenvalue weighted by Gasteiger charge is 2.45. The minimum atomic E-state index is -0.734. The number of fused-ring (bicyclic) bond motifs is 2. The minimum Gasteiger partial charge on any atom is -0.450 e. The summed E-state index contributed by atoms with van der Waals surface area (Å²) in [4.78, 5) is 34.1. The molecule has 0 spiro atoms. The lowest BCUT2D eigenvalue weighted by atomic mass is 9.99. The Kier molecular flexibility index (Phi) is 4.97. The summed E-state index contributed by atoms with van der Waals surface area (Å²) >= 11 is 17.2. The number of rotatable bonds is 2. The Labute approximate surface area is 199 Å². The highest BCUT2D eigenvalue weighted by atomic mass is 79.9. The number of hydrogen-bond acceptors (Lipinski definition) is 5. The molecule has 0 fully saturated rings. The van der Waals surface area contributed by atoms with Gasteiger partial charge in [-0.25, -0.2) is 4.98 Å². The first kappa shape index (κ1) is 20.7. The number of carbonyl (C=O) groups is 1. The fourth-order valence-corrected chi connectivity index (χ4v) is 5.30. The first-order chi connectivity index (χ1) is 14.8. The highest BCUT2D eigenvalue weighted by molar-refractivity contribution is 9.10. The van der Waals surface area contributed by atoms with Gasteiger partial charge in [0.05, 0.1) is 32.7 Å². The number of thiazole rings is 1. The van der Waals surface area contributed by atoms with Crippen molar-refractivity contribution in [1.29, 1.82) is 0 Å². The van der Waals surface area contributed by atoms with Gasteiger partial charge < -0.3 is 4.42 Å². The molecule has 1 amide bonds. The molecule has 4 aromatic rings. The maximum Gasteiger partial charge on any atom is 0.297 e. The Balaban J connectivity index is 1.84. The zero-order chi connectivity index (χ0) is 22.0. The zero-order valence-electron chi connectivity index (χ0n) is 16.2. The second-order valence-electron chi connectivity index (χ2n) is 7.20. The van der Waals surface area contributed by atoms with Crippen molar-refractivity contribution in [3.63, 3.8) is 0 Å². The third-order valence-electron chi connectivity index (χ3n) is 5.31. The molecule has 2 aromatic carbocycles. The molecule has 1 aliphatic heterocycles. The SMILES string of the molecule is Cc1nc(N2C(=O)c3oc4ccc(Br)cc4c(=O)c3C2c2ccc(Cl)c(Cl)c2)sc1C. The van der Waals surface area contributed by atoms with E-state index in [-0.39, 0.29) is 16.8 Å². The number of anilines is 1. The Morgan fingerprint density at radius 2 is 1.87 bits per heavy atom. The molecule has 0 N–H and O–H groups in total. The van der Waals surface area contributed by atoms with E-state index in [9.17, 15) is 9.59 Å². The Hall–Kier alpha value is -2.19. The van der Waals surface area contributed by atoms with Gasteiger partial charge in [-0.3, -0.25) is 14.5 Å². The van der Waals surface area contributed by atoms with Crippen LogP contribution in [0.5, 0.6) is 0 Å². The van der Waals surface area contributed by atoms with E-state index in [1.165, 1.54) is 16.2 Å². The van der Waals surface area contributed by atoms with Crippen molar-refractivity contribution < 1.29 is 9.21 Å². The van der Waals surface area contributed by atoms with E-state index in [4.69, 9.17) is 27.6 Å². The van der Waals surface area contributed by atoms with Crippen LogP contribution < -0.4 is 10.3 Å². The van der Waals surface area contributed by atoms with Crippen LogP contribution in [0.25, 0.3) is 11.0 Å². The van der Waals surface area contributed by atoms with Crippen LogP contribution in [-0.2, 0) is 0 Å². The number of halogens is 3. The summed E-state index contributed by atoms with van der Waals surface area (Å²) in [7, 11) is 0. The number of hydrogen-bond donors (Lipinski definition) is 0. The summed E-state index contributed by atoms with van der Waals surface area (Å²) in [6.07, 6.45) is 0. The van der Waals surface area contributed by atoms with Gasteiger partial charge in [-0.2, -0.15) is 0 Å². The summed E-state index contributed by atoms with van der Waals surface area (Å²) < 4.78 is 6.69. The smallest absolute Gasteiger partial charge is 0.297 e. The predicted octanol–water partition coefficient (Wildman–Crippen LogP) is 6.69. The first-order valence-electron chi connectivity index (χ1n) is 9.25. The zero-order valence-corrected chi connectivity index (χ0v) is 20.1. The van der Waals surface area contributed by atoms with Gasteiger partial charge in [0.1, 0.15) is 5.58 Å². The lowest BCUT2D eigenvalue weighted by molar-refractivity contribution is 0.0971. The number of aromatic nitrogens is 1. The summed E-state index contributed by atoms with van der Waals surface area (Å²) in [5.41, 5.74) is 1.81. The van der Waals surface area contributed by atoms with E-state index < -0.39 is 11.9 Å². The van der Waals surface area contributed by atoms with Crippen LogP contribution in [0, 0.1) is 13.8 Å². The van der Waals surface area contributed by atoms with Gasteiger partial charge >= 0.3 is 0 Å². The Morgan fingerprint density at radius 1 is 1.10 bits per heavy atom. The van der Waals surface area contributed by atoms with Crippen LogP contribution in [0.4, 0.5) is 5.13 Å². The number of carbonyl (C=O) groups excluding carboxylic acids is 1. The molecule has 5 rings (SSSR count). The van der Waals surface area contributed by atoms with Crippen LogP contribution in [0.15, 0.2) is 50.1 Å². The van der Waals surface area contributed by atoms with Crippen molar-refractivity contribution in [1.82, 2.24) is 4.98 Å². The summed E-state index contributed by atoms with van der Waals surface area (Å²) in [5.74, 6) is -0.400. The molecule has 0 bridgehead atoms. The average Bonchev–Trinajstić information content (AvgIpc) is 3.21. The van der Waals surface area contributed by atoms with Gasteiger partial charge in [-0.05, 0) is 49.7 Å². The largest absolute Gasteiger partial charge is 0.450 e. The lowest BCUT2D eigenvalue weighted by Crippen LogP contribution is -2.29. The van der Waals surface area contributed by atoms with E-state index in [1.807, 2.05) is 13.8 Å². The second-order valence-corrected chi connectivity index (χ2v) is 10.1. The van der Waals surface area contributed by atoms with Gasteiger partial charge in [0.2, 0.25) is 5.76 Å². The molecule has 0 aliphatic carbocycles. The van der Waals surface area contributed by atoms with Gasteiger partial charge in [0.15, 0.2) is 10.6 Å². The molecule has 9 heteroatoms. The number of amides is 1. The molecule has 2 aromatic heterocycles. The molecular weight excluding hydrogens is 523 g/mol. The normalized spacial score (nSPS) is 15.7. The molecule has 0 radical (unpaired) electrons. The van der Waals surface area contributed by atoms with Gasteiger partial charge in [-0.1, -0.05) is 45.2 Å². The Bertz CT molecular complexity index is 1440. The maximum atomic E-state index is 13.6. The topological polar surface area (TPSA) is 63.4 Å². The van der Waals surface area contributed by atoms with E-state index in [0.717, 1.165) is 15.0 Å². The maximum absolute atomic E-state index is 13.6. The van der Waals surface area contributed by atoms with Gasteiger partial charge in [0.25, 0.3) is 5.91 Å². The van der Waals surface area contributed by atoms with Crippen molar-refractivity contribution in [2.75, 3.05) is 4.90 Å². The van der Waals surface area contributed by atoms with E-state index in [1.54, 1.807) is 36.4 Å². The van der Waals surface area contributed by atoms with Crippen molar-refractivity contribution in [3.8, 4) is 0 Å². The van der Waals surface area contributed by atoms with E-state index >= 15 is 0 Å². The number of benzene rings is 2. The van der Waals surface area contributed by atoms with Crippen LogP contribution in [0.1, 0.15) is 38.3 Å². The Morgan fingerprint density at radius 3 is 2.55 bits per heavy atom. The van der Waals surface area contributed by atoms with Crippen LogP contribution >= 0.6 is 50.5 Å². The molecular formula is C22H13BrCl2N2O3S. The van der Waals surface area contributed by atoms with Crippen molar-refractivity contribution in [2.45, 2.75) is 19.9 Å². The minimum absolute atomic E-state index is 0.0152. The van der Waals surface area contributed by atoms with Crippen LogP contribution in [-0.4, -0.2) is 10.9 Å². The summed E-state index contributed by atoms with van der Waals surface area (Å²) in [6, 6.07) is 9.47. The standard InChI is InChI=1S/C22H13BrCl2N2O3S/c1-9-10(2)31-22(26-9)27-18(11-3-5-14(24)15(25)7-11)17-19(28)13-8-12(23)4-6-16(13)30-20(17)21(27)29/h3-8,18H,1-2H3. The molecule has 0 saturated heterocycles. The van der Waals surface area contributed by atoms with Crippen LogP contribution in [0.2, 0.25) is 10.0 Å². The summed E-state index contributed by atoms with van der Waals surface area (Å²) in [5, 5.41) is 1.60. The van der Waals surface area contributed by atoms with E-state index in [0.29, 0.717) is 31.7 Å². The third-order valence-corrected chi connectivity index (χ3v) is 7.62. The lowest BCUT2D eigenvalue weighted by Gasteiger charge is -2.22. The molecule has 1 atom stereocenters. The van der Waals surface area contributed by atoms with Crippen LogP contribution in [0.3, 0.4) is 0 Å². The second kappa shape index (κ2) is 7.45. The van der Waals surface area contributed by atoms with Crippen molar-refractivity contribution in [2.24, 2.45) is 0 Å². The highest BCUT2D eigenvalue weighted by Crippen LogP contribution is 2.44. The molecule has 1 unspecified atom stereocenters. The molecule has 5 nitrogen and oxygen atoms in total. The third kappa shape index (κ3) is 3.22. The van der Waals surface area contributed by atoms with Crippen molar-refractivity contribution in [3.05, 3.63) is 88.6 Å². The number of nitrogens with zero attached hydrogens (tertiary/aromatic N) is 2. The predicted molar refractivity (Wildman–Crippen MR) is 127 cm³/mol. The monoisotopic (exact) mass is 534 g/mol. The van der Waals surface area contributed by atoms with E-state index in [2.05, 4.69) is 20.9 Å². The summed E-state index contributed by atoms with van der Waals surface area (Å²) in [6.45, 7) is 3.82. The van der Waals surface area contributed by atoms with Crippen molar-refractivity contribution >= 4 is 72.5 Å².